The van der Waals surface area contributed by atoms with Gasteiger partial charge in [0.1, 0.15) is 0 Å². The van der Waals surface area contributed by atoms with Crippen LogP contribution in [0.2, 0.25) is 0 Å². The van der Waals surface area contributed by atoms with Gasteiger partial charge >= 0.3 is 12.1 Å². The van der Waals surface area contributed by atoms with Crippen molar-refractivity contribution in [3.63, 3.8) is 0 Å². The van der Waals surface area contributed by atoms with E-state index in [9.17, 15) is 18.0 Å². The molecule has 1 saturated heterocycles. The molecule has 0 aliphatic carbocycles. The van der Waals surface area contributed by atoms with Crippen LogP contribution in [-0.4, -0.2) is 31.3 Å². The summed E-state index contributed by atoms with van der Waals surface area (Å²) < 4.78 is 40.6. The van der Waals surface area contributed by atoms with E-state index in [1.165, 1.54) is 0 Å². The summed E-state index contributed by atoms with van der Waals surface area (Å²) in [5.41, 5.74) is 0. The van der Waals surface area contributed by atoms with E-state index in [1.807, 2.05) is 5.32 Å². The van der Waals surface area contributed by atoms with Gasteiger partial charge in [0.15, 0.2) is 0 Å². The Morgan fingerprint density at radius 3 is 2.64 bits per heavy atom. The number of alkyl halides is 3. The first-order valence-corrected chi connectivity index (χ1v) is 4.45. The first-order valence-electron chi connectivity index (χ1n) is 4.45. The lowest BCUT2D eigenvalue weighted by Gasteiger charge is -2.16. The molecule has 14 heavy (non-hydrogen) atoms. The van der Waals surface area contributed by atoms with Gasteiger partial charge < -0.3 is 10.1 Å². The monoisotopic (exact) mass is 211 g/mol. The highest BCUT2D eigenvalue weighted by Crippen LogP contribution is 2.16. The van der Waals surface area contributed by atoms with Crippen LogP contribution in [0.25, 0.3) is 0 Å². The normalized spacial score (nSPS) is 24.1. The third-order valence-electron chi connectivity index (χ3n) is 2.04. The minimum atomic E-state index is -4.78. The van der Waals surface area contributed by atoms with Crippen LogP contribution in [0.5, 0.6) is 0 Å². The standard InChI is InChI=1S/C8H12F3NO2/c9-8(10,11)7(13)12-6-2-1-4-14-5-3-6/h6H,1-5H2,(H,12,13). The number of rotatable bonds is 1. The summed E-state index contributed by atoms with van der Waals surface area (Å²) in [6.45, 7) is 0.960. The average Bonchev–Trinajstić information content (AvgIpc) is 2.31. The van der Waals surface area contributed by atoms with E-state index in [0.29, 0.717) is 32.5 Å². The molecule has 0 bridgehead atoms. The van der Waals surface area contributed by atoms with Crippen molar-refractivity contribution in [2.75, 3.05) is 13.2 Å². The lowest BCUT2D eigenvalue weighted by atomic mass is 10.1. The van der Waals surface area contributed by atoms with Crippen LogP contribution in [0.1, 0.15) is 19.3 Å². The van der Waals surface area contributed by atoms with Crippen LogP contribution >= 0.6 is 0 Å². The number of carbonyl (C=O) groups is 1. The van der Waals surface area contributed by atoms with Crippen LogP contribution in [0, 0.1) is 0 Å². The molecule has 1 aliphatic rings. The van der Waals surface area contributed by atoms with Crippen LogP contribution < -0.4 is 5.32 Å². The highest BCUT2D eigenvalue weighted by Gasteiger charge is 2.39. The minimum Gasteiger partial charge on any atom is -0.381 e. The summed E-state index contributed by atoms with van der Waals surface area (Å²) in [4.78, 5) is 10.6. The number of ether oxygens (including phenoxy) is 1. The molecule has 0 aromatic rings. The van der Waals surface area contributed by atoms with E-state index < -0.39 is 18.1 Å². The van der Waals surface area contributed by atoms with E-state index in [0.717, 1.165) is 0 Å². The Hall–Kier alpha value is -0.780. The fourth-order valence-corrected chi connectivity index (χ4v) is 1.32. The first-order chi connectivity index (χ1) is 6.50. The van der Waals surface area contributed by atoms with Gasteiger partial charge in [-0.1, -0.05) is 0 Å². The SMILES string of the molecule is O=C(NC1CCCOCC1)C(F)(F)F. The zero-order valence-corrected chi connectivity index (χ0v) is 7.56. The topological polar surface area (TPSA) is 38.3 Å². The second-order valence-electron chi connectivity index (χ2n) is 3.21. The summed E-state index contributed by atoms with van der Waals surface area (Å²) in [7, 11) is 0. The zero-order valence-electron chi connectivity index (χ0n) is 7.56. The molecule has 1 N–H and O–H groups in total. The van der Waals surface area contributed by atoms with Crippen molar-refractivity contribution in [3.05, 3.63) is 0 Å². The molecule has 1 aliphatic heterocycles. The third-order valence-corrected chi connectivity index (χ3v) is 2.04. The molecule has 1 rings (SSSR count). The van der Waals surface area contributed by atoms with E-state index in [-0.39, 0.29) is 0 Å². The minimum absolute atomic E-state index is 0.406. The third kappa shape index (κ3) is 3.53. The Kier molecular flexibility index (Phi) is 3.74. The molecule has 1 heterocycles. The van der Waals surface area contributed by atoms with E-state index in [1.54, 1.807) is 0 Å². The molecular formula is C8H12F3NO2. The van der Waals surface area contributed by atoms with Crippen molar-refractivity contribution in [3.8, 4) is 0 Å². The van der Waals surface area contributed by atoms with Crippen molar-refractivity contribution in [2.24, 2.45) is 0 Å². The number of carbonyl (C=O) groups excluding carboxylic acids is 1. The molecule has 0 aromatic heterocycles. The number of nitrogens with one attached hydrogen (secondary N) is 1. The van der Waals surface area contributed by atoms with Crippen molar-refractivity contribution in [1.29, 1.82) is 0 Å². The summed E-state index contributed by atoms with van der Waals surface area (Å²) in [6.07, 6.45) is -3.11. The van der Waals surface area contributed by atoms with Crippen LogP contribution in [0.3, 0.4) is 0 Å². The Balaban J connectivity index is 2.38. The second kappa shape index (κ2) is 4.63. The summed E-state index contributed by atoms with van der Waals surface area (Å²) in [5.74, 6) is -1.86. The van der Waals surface area contributed by atoms with Crippen LogP contribution in [0.15, 0.2) is 0 Å². The van der Waals surface area contributed by atoms with E-state index in [4.69, 9.17) is 4.74 Å². The maximum absolute atomic E-state index is 11.9. The van der Waals surface area contributed by atoms with Gasteiger partial charge in [-0.05, 0) is 19.3 Å². The Morgan fingerprint density at radius 1 is 1.29 bits per heavy atom. The first kappa shape index (κ1) is 11.3. The Morgan fingerprint density at radius 2 is 2.00 bits per heavy atom. The molecule has 82 valence electrons. The summed E-state index contributed by atoms with van der Waals surface area (Å²) in [6, 6.07) is -0.411. The van der Waals surface area contributed by atoms with Gasteiger partial charge in [0.05, 0.1) is 0 Å². The fraction of sp³-hybridized carbons (Fsp3) is 0.875. The molecule has 1 amide bonds. The number of halogens is 3. The van der Waals surface area contributed by atoms with Crippen LogP contribution in [-0.2, 0) is 9.53 Å². The van der Waals surface area contributed by atoms with E-state index >= 15 is 0 Å². The summed E-state index contributed by atoms with van der Waals surface area (Å²) in [5, 5.41) is 1.95. The molecular weight excluding hydrogens is 199 g/mol. The lowest BCUT2D eigenvalue weighted by molar-refractivity contribution is -0.174. The van der Waals surface area contributed by atoms with Crippen molar-refractivity contribution >= 4 is 5.91 Å². The summed E-state index contributed by atoms with van der Waals surface area (Å²) >= 11 is 0. The fourth-order valence-electron chi connectivity index (χ4n) is 1.32. The zero-order chi connectivity index (χ0) is 10.6. The molecule has 0 aromatic carbocycles. The Bertz CT molecular complexity index is 197. The van der Waals surface area contributed by atoms with Crippen molar-refractivity contribution in [2.45, 2.75) is 31.5 Å². The van der Waals surface area contributed by atoms with E-state index in [2.05, 4.69) is 0 Å². The largest absolute Gasteiger partial charge is 0.471 e. The molecule has 1 fully saturated rings. The highest BCUT2D eigenvalue weighted by atomic mass is 19.4. The number of hydrogen-bond donors (Lipinski definition) is 1. The molecule has 0 saturated carbocycles. The molecule has 1 unspecified atom stereocenters. The molecule has 0 spiro atoms. The lowest BCUT2D eigenvalue weighted by Crippen LogP contribution is -2.43. The van der Waals surface area contributed by atoms with Gasteiger partial charge in [0.25, 0.3) is 0 Å². The van der Waals surface area contributed by atoms with Gasteiger partial charge in [0, 0.05) is 19.3 Å². The van der Waals surface area contributed by atoms with Crippen LogP contribution in [0.4, 0.5) is 13.2 Å². The van der Waals surface area contributed by atoms with Crippen molar-refractivity contribution < 1.29 is 22.7 Å². The number of amides is 1. The molecule has 6 heteroatoms. The predicted octanol–water partition coefficient (Wildman–Crippen LogP) is 1.23. The molecule has 3 nitrogen and oxygen atoms in total. The maximum atomic E-state index is 11.9. The molecule has 0 radical (unpaired) electrons. The van der Waals surface area contributed by atoms with Gasteiger partial charge in [-0.2, -0.15) is 13.2 Å². The number of hydrogen-bond acceptors (Lipinski definition) is 2. The highest BCUT2D eigenvalue weighted by molar-refractivity contribution is 5.81. The van der Waals surface area contributed by atoms with Gasteiger partial charge in [-0.25, -0.2) is 0 Å². The maximum Gasteiger partial charge on any atom is 0.471 e. The molecule has 1 atom stereocenters. The second-order valence-corrected chi connectivity index (χ2v) is 3.21. The van der Waals surface area contributed by atoms with Gasteiger partial charge in [-0.3, -0.25) is 4.79 Å². The van der Waals surface area contributed by atoms with Crippen molar-refractivity contribution in [1.82, 2.24) is 5.32 Å². The quantitative estimate of drug-likeness (QED) is 0.708. The smallest absolute Gasteiger partial charge is 0.381 e. The van der Waals surface area contributed by atoms with Gasteiger partial charge in [0.2, 0.25) is 0 Å². The van der Waals surface area contributed by atoms with Gasteiger partial charge in [-0.15, -0.1) is 0 Å². The Labute approximate surface area is 79.6 Å². The predicted molar refractivity (Wildman–Crippen MR) is 42.7 cm³/mol. The average molecular weight is 211 g/mol.